The maximum atomic E-state index is 12.1. The Balaban J connectivity index is 2.08. The molecule has 1 unspecified atom stereocenters. The summed E-state index contributed by atoms with van der Waals surface area (Å²) in [6, 6.07) is 3.43. The molecule has 0 spiro atoms. The minimum Gasteiger partial charge on any atom is -0.493 e. The second kappa shape index (κ2) is 7.35. The third-order valence-corrected chi connectivity index (χ3v) is 3.90. The van der Waals surface area contributed by atoms with Crippen molar-refractivity contribution in [3.05, 3.63) is 17.7 Å². The van der Waals surface area contributed by atoms with E-state index < -0.39 is 0 Å². The fourth-order valence-electron chi connectivity index (χ4n) is 2.68. The normalized spacial score (nSPS) is 18.1. The lowest BCUT2D eigenvalue weighted by molar-refractivity contribution is -0.149. The fourth-order valence-corrected chi connectivity index (χ4v) is 2.68. The molecule has 122 valence electrons. The number of esters is 1. The molecule has 1 aliphatic rings. The van der Waals surface area contributed by atoms with Crippen LogP contribution in [0.15, 0.2) is 12.1 Å². The minimum atomic E-state index is -0.186. The lowest BCUT2D eigenvalue weighted by Crippen LogP contribution is -2.34. The molecule has 1 aliphatic heterocycles. The highest BCUT2D eigenvalue weighted by Gasteiger charge is 2.29. The van der Waals surface area contributed by atoms with E-state index >= 15 is 0 Å². The number of nitrogens with zero attached hydrogens (tertiary/aromatic N) is 1. The summed E-state index contributed by atoms with van der Waals surface area (Å²) in [7, 11) is 6.61. The van der Waals surface area contributed by atoms with Crippen LogP contribution in [0.4, 0.5) is 0 Å². The number of methoxy groups -OCH3 is 3. The van der Waals surface area contributed by atoms with Gasteiger partial charge in [-0.15, -0.1) is 0 Å². The maximum Gasteiger partial charge on any atom is 0.323 e. The van der Waals surface area contributed by atoms with Gasteiger partial charge in [-0.3, -0.25) is 9.69 Å². The molecule has 1 aromatic carbocycles. The summed E-state index contributed by atoms with van der Waals surface area (Å²) in [6.45, 7) is 1.11. The third kappa shape index (κ3) is 3.44. The van der Waals surface area contributed by atoms with Crippen LogP contribution in [0.3, 0.4) is 0 Å². The highest BCUT2D eigenvalue weighted by molar-refractivity contribution is 5.76. The Hall–Kier alpha value is -1.95. The Kier molecular flexibility index (Phi) is 5.49. The topological polar surface area (TPSA) is 57.2 Å². The van der Waals surface area contributed by atoms with E-state index in [1.165, 1.54) is 0 Å². The first-order valence-electron chi connectivity index (χ1n) is 7.26. The first-order valence-corrected chi connectivity index (χ1v) is 7.26. The standard InChI is InChI=1S/C16H23NO5/c1-17-7-5-6-12(17)16(18)22-10-11-8-13(19-2)15(21-4)14(9-11)20-3/h8-9,12H,5-7,10H2,1-4H3. The maximum absolute atomic E-state index is 12.1. The average Bonchev–Trinajstić information content (AvgIpc) is 2.97. The Morgan fingerprint density at radius 3 is 2.27 bits per heavy atom. The molecule has 1 heterocycles. The lowest BCUT2D eigenvalue weighted by atomic mass is 10.2. The van der Waals surface area contributed by atoms with Crippen LogP contribution in [-0.4, -0.2) is 51.8 Å². The number of hydrogen-bond acceptors (Lipinski definition) is 6. The van der Waals surface area contributed by atoms with Crippen LogP contribution < -0.4 is 14.2 Å². The Morgan fingerprint density at radius 2 is 1.82 bits per heavy atom. The minimum absolute atomic E-state index is 0.137. The molecule has 1 aromatic rings. The molecule has 0 aromatic heterocycles. The van der Waals surface area contributed by atoms with Crippen molar-refractivity contribution in [2.24, 2.45) is 0 Å². The van der Waals surface area contributed by atoms with Crippen molar-refractivity contribution in [2.75, 3.05) is 34.9 Å². The molecule has 6 nitrogen and oxygen atoms in total. The summed E-state index contributed by atoms with van der Waals surface area (Å²) in [5, 5.41) is 0. The first kappa shape index (κ1) is 16.4. The lowest BCUT2D eigenvalue weighted by Gasteiger charge is -2.18. The molecule has 6 heteroatoms. The number of benzene rings is 1. The fraction of sp³-hybridized carbons (Fsp3) is 0.562. The smallest absolute Gasteiger partial charge is 0.323 e. The van der Waals surface area contributed by atoms with Crippen LogP contribution in [0.25, 0.3) is 0 Å². The summed E-state index contributed by atoms with van der Waals surface area (Å²) in [5.74, 6) is 1.43. The molecule has 0 aliphatic carbocycles. The quantitative estimate of drug-likeness (QED) is 0.748. The third-order valence-electron chi connectivity index (χ3n) is 3.90. The van der Waals surface area contributed by atoms with Crippen molar-refractivity contribution in [3.8, 4) is 17.2 Å². The van der Waals surface area contributed by atoms with E-state index in [4.69, 9.17) is 18.9 Å². The molecular formula is C16H23NO5. The van der Waals surface area contributed by atoms with E-state index in [1.807, 2.05) is 11.9 Å². The van der Waals surface area contributed by atoms with Gasteiger partial charge in [0.1, 0.15) is 12.6 Å². The van der Waals surface area contributed by atoms with Gasteiger partial charge in [-0.2, -0.15) is 0 Å². The molecule has 2 rings (SSSR count). The molecular weight excluding hydrogens is 286 g/mol. The number of likely N-dealkylation sites (tertiary alicyclic amines) is 1. The van der Waals surface area contributed by atoms with Gasteiger partial charge in [0.25, 0.3) is 0 Å². The van der Waals surface area contributed by atoms with Gasteiger partial charge in [0.05, 0.1) is 21.3 Å². The number of ether oxygens (including phenoxy) is 4. The van der Waals surface area contributed by atoms with Gasteiger partial charge in [-0.05, 0) is 44.1 Å². The molecule has 22 heavy (non-hydrogen) atoms. The number of hydrogen-bond donors (Lipinski definition) is 0. The summed E-state index contributed by atoms with van der Waals surface area (Å²) < 4.78 is 21.3. The second-order valence-corrected chi connectivity index (χ2v) is 5.28. The van der Waals surface area contributed by atoms with Crippen molar-refractivity contribution in [3.63, 3.8) is 0 Å². The summed E-state index contributed by atoms with van der Waals surface area (Å²) in [6.07, 6.45) is 1.88. The van der Waals surface area contributed by atoms with Crippen LogP contribution in [0.2, 0.25) is 0 Å². The van der Waals surface area contributed by atoms with E-state index in [9.17, 15) is 4.79 Å². The predicted octanol–water partition coefficient (Wildman–Crippen LogP) is 1.85. The zero-order chi connectivity index (χ0) is 16.1. The van der Waals surface area contributed by atoms with Gasteiger partial charge in [0, 0.05) is 0 Å². The summed E-state index contributed by atoms with van der Waals surface area (Å²) in [4.78, 5) is 14.1. The monoisotopic (exact) mass is 309 g/mol. The first-order chi connectivity index (χ1) is 10.6. The van der Waals surface area contributed by atoms with Gasteiger partial charge < -0.3 is 18.9 Å². The van der Waals surface area contributed by atoms with E-state index in [0.717, 1.165) is 24.9 Å². The van der Waals surface area contributed by atoms with Gasteiger partial charge in [0.15, 0.2) is 11.5 Å². The van der Waals surface area contributed by atoms with Crippen molar-refractivity contribution >= 4 is 5.97 Å². The molecule has 1 saturated heterocycles. The van der Waals surface area contributed by atoms with E-state index in [0.29, 0.717) is 17.2 Å². The van der Waals surface area contributed by atoms with Crippen LogP contribution in [-0.2, 0) is 16.1 Å². The van der Waals surface area contributed by atoms with Crippen molar-refractivity contribution in [2.45, 2.75) is 25.5 Å². The number of rotatable bonds is 6. The summed E-state index contributed by atoms with van der Waals surface area (Å²) in [5.41, 5.74) is 0.795. The Labute approximate surface area is 130 Å². The molecule has 0 amide bonds. The van der Waals surface area contributed by atoms with Crippen LogP contribution >= 0.6 is 0 Å². The van der Waals surface area contributed by atoms with Crippen molar-refractivity contribution in [1.82, 2.24) is 4.90 Å². The zero-order valence-electron chi connectivity index (χ0n) is 13.5. The highest BCUT2D eigenvalue weighted by atomic mass is 16.5. The van der Waals surface area contributed by atoms with Crippen LogP contribution in [0.1, 0.15) is 18.4 Å². The van der Waals surface area contributed by atoms with Gasteiger partial charge in [-0.25, -0.2) is 0 Å². The van der Waals surface area contributed by atoms with Crippen LogP contribution in [0.5, 0.6) is 17.2 Å². The second-order valence-electron chi connectivity index (χ2n) is 5.28. The number of carbonyl (C=O) groups excluding carboxylic acids is 1. The van der Waals surface area contributed by atoms with Gasteiger partial charge in [-0.1, -0.05) is 0 Å². The molecule has 0 radical (unpaired) electrons. The van der Waals surface area contributed by atoms with E-state index in [2.05, 4.69) is 0 Å². The summed E-state index contributed by atoms with van der Waals surface area (Å²) >= 11 is 0. The molecule has 1 fully saturated rings. The van der Waals surface area contributed by atoms with Crippen molar-refractivity contribution in [1.29, 1.82) is 0 Å². The molecule has 0 N–H and O–H groups in total. The highest BCUT2D eigenvalue weighted by Crippen LogP contribution is 2.38. The molecule has 0 saturated carbocycles. The SMILES string of the molecule is COc1cc(COC(=O)C2CCCN2C)cc(OC)c1OC. The number of carbonyl (C=O) groups is 1. The average molecular weight is 309 g/mol. The Bertz CT molecular complexity index is 506. The van der Waals surface area contributed by atoms with E-state index in [1.54, 1.807) is 33.5 Å². The van der Waals surface area contributed by atoms with Crippen molar-refractivity contribution < 1.29 is 23.7 Å². The van der Waals surface area contributed by atoms with E-state index in [-0.39, 0.29) is 18.6 Å². The predicted molar refractivity (Wildman–Crippen MR) is 81.5 cm³/mol. The largest absolute Gasteiger partial charge is 0.493 e. The number of likely N-dealkylation sites (N-methyl/N-ethyl adjacent to an activating group) is 1. The Morgan fingerprint density at radius 1 is 1.18 bits per heavy atom. The zero-order valence-corrected chi connectivity index (χ0v) is 13.5. The van der Waals surface area contributed by atoms with Gasteiger partial charge in [0.2, 0.25) is 5.75 Å². The van der Waals surface area contributed by atoms with Crippen LogP contribution in [0, 0.1) is 0 Å². The molecule has 1 atom stereocenters. The van der Waals surface area contributed by atoms with Gasteiger partial charge >= 0.3 is 5.97 Å². The molecule has 0 bridgehead atoms.